The summed E-state index contributed by atoms with van der Waals surface area (Å²) in [4.78, 5) is 24.3. The summed E-state index contributed by atoms with van der Waals surface area (Å²) < 4.78 is 1.89. The molecule has 0 spiro atoms. The molecular formula is C23H39N7O. The molecule has 172 valence electrons. The first-order valence-corrected chi connectivity index (χ1v) is 12.1. The van der Waals surface area contributed by atoms with E-state index in [9.17, 15) is 4.79 Å². The molecule has 1 atom stereocenters. The highest BCUT2D eigenvalue weighted by Gasteiger charge is 2.31. The maximum atomic E-state index is 12.4. The minimum Gasteiger partial charge on any atom is -0.357 e. The fraction of sp³-hybridized carbons (Fsp3) is 0.783. The van der Waals surface area contributed by atoms with Crippen LogP contribution in [0.15, 0.2) is 17.4 Å². The van der Waals surface area contributed by atoms with E-state index in [4.69, 9.17) is 4.99 Å². The Labute approximate surface area is 186 Å². The van der Waals surface area contributed by atoms with E-state index in [-0.39, 0.29) is 0 Å². The molecule has 4 rings (SSSR count). The molecule has 1 aromatic rings. The number of nitrogens with zero attached hydrogens (tertiary/aromatic N) is 6. The van der Waals surface area contributed by atoms with Crippen LogP contribution in [0, 0.1) is 11.8 Å². The molecule has 1 aromatic heterocycles. The zero-order chi connectivity index (χ0) is 21.6. The molecule has 31 heavy (non-hydrogen) atoms. The Hall–Kier alpha value is -2.09. The van der Waals surface area contributed by atoms with Crippen LogP contribution in [0.4, 0.5) is 0 Å². The highest BCUT2D eigenvalue weighted by atomic mass is 16.2. The van der Waals surface area contributed by atoms with E-state index in [0.29, 0.717) is 17.7 Å². The molecule has 8 heteroatoms. The number of aromatic nitrogens is 2. The molecule has 0 bridgehead atoms. The highest BCUT2D eigenvalue weighted by molar-refractivity contribution is 5.80. The van der Waals surface area contributed by atoms with Gasteiger partial charge in [-0.25, -0.2) is 0 Å². The van der Waals surface area contributed by atoms with Crippen molar-refractivity contribution in [2.24, 2.45) is 23.9 Å². The molecule has 1 unspecified atom stereocenters. The van der Waals surface area contributed by atoms with Gasteiger partial charge in [0, 0.05) is 71.5 Å². The lowest BCUT2D eigenvalue weighted by Gasteiger charge is -2.38. The summed E-state index contributed by atoms with van der Waals surface area (Å²) in [7, 11) is 1.98. The topological polar surface area (TPSA) is 69.0 Å². The van der Waals surface area contributed by atoms with Gasteiger partial charge < -0.3 is 15.1 Å². The van der Waals surface area contributed by atoms with Crippen molar-refractivity contribution in [3.8, 4) is 0 Å². The Kier molecular flexibility index (Phi) is 7.48. The SMILES string of the molecule is CCNC(=NCCN1CCN(C(=O)C2CCC2)CC1)N1CCC(Cc2cnn(C)c2)C1. The van der Waals surface area contributed by atoms with Gasteiger partial charge in [0.2, 0.25) is 5.91 Å². The molecule has 8 nitrogen and oxygen atoms in total. The molecule has 0 aromatic carbocycles. The number of rotatable bonds is 7. The molecule has 1 saturated carbocycles. The standard InChI is InChI=1S/C23H39N7O/c1-3-24-23(30-9-7-19(18-30)15-20-16-26-27(2)17-20)25-8-10-28-11-13-29(14-12-28)22(31)21-5-4-6-21/h16-17,19,21H,3-15,18H2,1-2H3,(H,24,25). The van der Waals surface area contributed by atoms with Crippen LogP contribution in [-0.4, -0.2) is 95.2 Å². The Morgan fingerprint density at radius 1 is 1.16 bits per heavy atom. The first-order valence-electron chi connectivity index (χ1n) is 12.1. The largest absolute Gasteiger partial charge is 0.357 e. The van der Waals surface area contributed by atoms with Gasteiger partial charge in [-0.05, 0) is 44.1 Å². The number of amides is 1. The second-order valence-corrected chi connectivity index (χ2v) is 9.36. The minimum absolute atomic E-state index is 0.321. The lowest BCUT2D eigenvalue weighted by Crippen LogP contribution is -2.51. The van der Waals surface area contributed by atoms with E-state index in [0.717, 1.165) is 84.1 Å². The average molecular weight is 430 g/mol. The number of piperazine rings is 1. The number of aryl methyl sites for hydroxylation is 1. The van der Waals surface area contributed by atoms with Crippen LogP contribution in [0.3, 0.4) is 0 Å². The van der Waals surface area contributed by atoms with Crippen molar-refractivity contribution < 1.29 is 4.79 Å². The highest BCUT2D eigenvalue weighted by Crippen LogP contribution is 2.28. The lowest BCUT2D eigenvalue weighted by atomic mass is 9.84. The van der Waals surface area contributed by atoms with Crippen LogP contribution in [0.25, 0.3) is 0 Å². The smallest absolute Gasteiger partial charge is 0.225 e. The molecule has 3 heterocycles. The van der Waals surface area contributed by atoms with E-state index >= 15 is 0 Å². The summed E-state index contributed by atoms with van der Waals surface area (Å²) in [6.45, 7) is 10.6. The molecule has 3 aliphatic rings. The molecule has 2 saturated heterocycles. The van der Waals surface area contributed by atoms with Gasteiger partial charge in [0.25, 0.3) is 0 Å². The second kappa shape index (κ2) is 10.5. The Balaban J connectivity index is 1.21. The number of carbonyl (C=O) groups excluding carboxylic acids is 1. The summed E-state index contributed by atoms with van der Waals surface area (Å²) in [5.41, 5.74) is 1.33. The number of carbonyl (C=O) groups is 1. The number of aliphatic imine (C=N–C) groups is 1. The van der Waals surface area contributed by atoms with Gasteiger partial charge in [-0.2, -0.15) is 5.10 Å². The van der Waals surface area contributed by atoms with Crippen molar-refractivity contribution in [1.82, 2.24) is 29.8 Å². The molecule has 3 fully saturated rings. The molecule has 2 aliphatic heterocycles. The molecule has 1 amide bonds. The molecule has 0 radical (unpaired) electrons. The van der Waals surface area contributed by atoms with Crippen LogP contribution >= 0.6 is 0 Å². The molecular weight excluding hydrogens is 390 g/mol. The van der Waals surface area contributed by atoms with E-state index in [1.54, 1.807) is 0 Å². The second-order valence-electron chi connectivity index (χ2n) is 9.36. The lowest BCUT2D eigenvalue weighted by molar-refractivity contribution is -0.139. The first-order chi connectivity index (χ1) is 15.1. The van der Waals surface area contributed by atoms with Crippen molar-refractivity contribution in [3.05, 3.63) is 18.0 Å². The van der Waals surface area contributed by atoms with Gasteiger partial charge in [0.05, 0.1) is 12.7 Å². The normalized spacial score (nSPS) is 23.3. The van der Waals surface area contributed by atoms with Crippen LogP contribution < -0.4 is 5.32 Å². The number of hydrogen-bond donors (Lipinski definition) is 1. The maximum Gasteiger partial charge on any atom is 0.225 e. The summed E-state index contributed by atoms with van der Waals surface area (Å²) in [6, 6.07) is 0. The van der Waals surface area contributed by atoms with Gasteiger partial charge in [0.1, 0.15) is 0 Å². The summed E-state index contributed by atoms with van der Waals surface area (Å²) in [5, 5.41) is 7.78. The fourth-order valence-electron chi connectivity index (χ4n) is 4.93. The van der Waals surface area contributed by atoms with Crippen LogP contribution in [0.2, 0.25) is 0 Å². The minimum atomic E-state index is 0.321. The maximum absolute atomic E-state index is 12.4. The van der Waals surface area contributed by atoms with E-state index in [1.165, 1.54) is 18.4 Å². The monoisotopic (exact) mass is 429 g/mol. The summed E-state index contributed by atoms with van der Waals surface area (Å²) in [6.07, 6.45) is 9.83. The predicted molar refractivity (Wildman–Crippen MR) is 123 cm³/mol. The number of nitrogens with one attached hydrogen (secondary N) is 1. The zero-order valence-electron chi connectivity index (χ0n) is 19.3. The molecule has 1 aliphatic carbocycles. The van der Waals surface area contributed by atoms with Crippen molar-refractivity contribution >= 4 is 11.9 Å². The Morgan fingerprint density at radius 2 is 1.97 bits per heavy atom. The van der Waals surface area contributed by atoms with Gasteiger partial charge in [-0.15, -0.1) is 0 Å². The van der Waals surface area contributed by atoms with E-state index < -0.39 is 0 Å². The first kappa shape index (κ1) is 22.1. The third-order valence-electron chi connectivity index (χ3n) is 7.02. The number of guanidine groups is 1. The summed E-state index contributed by atoms with van der Waals surface area (Å²) >= 11 is 0. The van der Waals surface area contributed by atoms with Crippen LogP contribution in [0.5, 0.6) is 0 Å². The van der Waals surface area contributed by atoms with Crippen molar-refractivity contribution in [2.45, 2.75) is 39.0 Å². The van der Waals surface area contributed by atoms with E-state index in [1.807, 2.05) is 17.9 Å². The van der Waals surface area contributed by atoms with Crippen LogP contribution in [-0.2, 0) is 18.3 Å². The molecule has 1 N–H and O–H groups in total. The Bertz CT molecular complexity index is 749. The average Bonchev–Trinajstić information content (AvgIpc) is 3.35. The zero-order valence-corrected chi connectivity index (χ0v) is 19.3. The number of likely N-dealkylation sites (tertiary alicyclic amines) is 1. The third kappa shape index (κ3) is 5.79. The van der Waals surface area contributed by atoms with E-state index in [2.05, 4.69) is 38.2 Å². The fourth-order valence-corrected chi connectivity index (χ4v) is 4.93. The number of hydrogen-bond acceptors (Lipinski definition) is 4. The van der Waals surface area contributed by atoms with Gasteiger partial charge in [0.15, 0.2) is 5.96 Å². The van der Waals surface area contributed by atoms with Gasteiger partial charge in [-0.1, -0.05) is 6.42 Å². The summed E-state index contributed by atoms with van der Waals surface area (Å²) in [5.74, 6) is 2.43. The van der Waals surface area contributed by atoms with Crippen molar-refractivity contribution in [2.75, 3.05) is 58.9 Å². The third-order valence-corrected chi connectivity index (χ3v) is 7.02. The predicted octanol–water partition coefficient (Wildman–Crippen LogP) is 1.19. The van der Waals surface area contributed by atoms with Gasteiger partial charge in [-0.3, -0.25) is 19.4 Å². The van der Waals surface area contributed by atoms with Gasteiger partial charge >= 0.3 is 0 Å². The van der Waals surface area contributed by atoms with Crippen molar-refractivity contribution in [1.29, 1.82) is 0 Å². The Morgan fingerprint density at radius 3 is 2.61 bits per heavy atom. The van der Waals surface area contributed by atoms with Crippen LogP contribution in [0.1, 0.15) is 38.2 Å². The van der Waals surface area contributed by atoms with Crippen molar-refractivity contribution in [3.63, 3.8) is 0 Å². The quantitative estimate of drug-likeness (QED) is 0.521.